The van der Waals surface area contributed by atoms with Gasteiger partial charge in [0, 0.05) is 6.54 Å². The van der Waals surface area contributed by atoms with E-state index < -0.39 is 6.10 Å². The molecule has 1 unspecified atom stereocenters. The molecule has 0 bridgehead atoms. The largest absolute Gasteiger partial charge is 0.481 e. The predicted molar refractivity (Wildman–Crippen MR) is 88.9 cm³/mol. The molecule has 1 atom stereocenters. The van der Waals surface area contributed by atoms with Crippen molar-refractivity contribution in [2.45, 2.75) is 39.8 Å². The average Bonchev–Trinajstić information content (AvgIpc) is 2.52. The minimum absolute atomic E-state index is 0.0791. The van der Waals surface area contributed by atoms with Crippen LogP contribution >= 0.6 is 0 Å². The summed E-state index contributed by atoms with van der Waals surface area (Å²) >= 11 is 0. The Kier molecular flexibility index (Phi) is 5.59. The Morgan fingerprint density at radius 1 is 1.09 bits per heavy atom. The van der Waals surface area contributed by atoms with Crippen molar-refractivity contribution >= 4 is 5.91 Å². The van der Waals surface area contributed by atoms with Crippen LogP contribution in [0.5, 0.6) is 5.75 Å². The van der Waals surface area contributed by atoms with Crippen molar-refractivity contribution in [1.29, 1.82) is 0 Å². The zero-order valence-corrected chi connectivity index (χ0v) is 13.4. The van der Waals surface area contributed by atoms with Crippen molar-refractivity contribution in [3.05, 3.63) is 65.2 Å². The Labute approximate surface area is 132 Å². The molecular weight excluding hydrogens is 274 g/mol. The number of carbonyl (C=O) groups is 1. The Bertz CT molecular complexity index is 620. The Morgan fingerprint density at radius 3 is 2.45 bits per heavy atom. The first-order valence-electron chi connectivity index (χ1n) is 7.65. The van der Waals surface area contributed by atoms with Gasteiger partial charge in [-0.1, -0.05) is 54.4 Å². The molecule has 116 valence electrons. The second-order valence-corrected chi connectivity index (χ2v) is 5.53. The standard InChI is InChI=1S/C19H23NO2/c1-4-18(22-17-10-8-14(2)9-11-17)19(21)20-13-16-7-5-6-15(3)12-16/h5-12,18H,4,13H2,1-3H3,(H,20,21). The molecule has 0 aliphatic heterocycles. The maximum atomic E-state index is 12.3. The van der Waals surface area contributed by atoms with Crippen LogP contribution in [0.25, 0.3) is 0 Å². The van der Waals surface area contributed by atoms with E-state index in [1.54, 1.807) is 0 Å². The van der Waals surface area contributed by atoms with E-state index in [0.717, 1.165) is 11.3 Å². The zero-order valence-electron chi connectivity index (χ0n) is 13.4. The molecule has 3 heteroatoms. The number of aryl methyl sites for hydroxylation is 2. The molecule has 2 aromatic rings. The molecule has 0 spiro atoms. The first-order valence-corrected chi connectivity index (χ1v) is 7.65. The van der Waals surface area contributed by atoms with Gasteiger partial charge in [0.1, 0.15) is 5.75 Å². The van der Waals surface area contributed by atoms with Crippen LogP contribution in [0.15, 0.2) is 48.5 Å². The molecular formula is C19H23NO2. The van der Waals surface area contributed by atoms with E-state index in [1.165, 1.54) is 11.1 Å². The number of ether oxygens (including phenoxy) is 1. The van der Waals surface area contributed by atoms with Gasteiger partial charge in [-0.15, -0.1) is 0 Å². The van der Waals surface area contributed by atoms with Gasteiger partial charge in [0.25, 0.3) is 5.91 Å². The number of benzene rings is 2. The van der Waals surface area contributed by atoms with Crippen LogP contribution in [-0.2, 0) is 11.3 Å². The molecule has 0 fully saturated rings. The molecule has 0 aromatic heterocycles. The second-order valence-electron chi connectivity index (χ2n) is 5.53. The van der Waals surface area contributed by atoms with Crippen molar-refractivity contribution in [3.63, 3.8) is 0 Å². The van der Waals surface area contributed by atoms with Gasteiger partial charge >= 0.3 is 0 Å². The van der Waals surface area contributed by atoms with Crippen LogP contribution < -0.4 is 10.1 Å². The van der Waals surface area contributed by atoms with Crippen LogP contribution in [-0.4, -0.2) is 12.0 Å². The Morgan fingerprint density at radius 2 is 1.82 bits per heavy atom. The van der Waals surface area contributed by atoms with Gasteiger partial charge in [-0.2, -0.15) is 0 Å². The zero-order chi connectivity index (χ0) is 15.9. The smallest absolute Gasteiger partial charge is 0.261 e. The summed E-state index contributed by atoms with van der Waals surface area (Å²) in [5.41, 5.74) is 3.46. The van der Waals surface area contributed by atoms with Gasteiger partial charge in [0.15, 0.2) is 6.10 Å². The molecule has 2 rings (SSSR count). The lowest BCUT2D eigenvalue weighted by Gasteiger charge is -2.17. The highest BCUT2D eigenvalue weighted by molar-refractivity contribution is 5.81. The van der Waals surface area contributed by atoms with Gasteiger partial charge in [-0.3, -0.25) is 4.79 Å². The van der Waals surface area contributed by atoms with Crippen molar-refractivity contribution in [2.75, 3.05) is 0 Å². The maximum Gasteiger partial charge on any atom is 0.261 e. The first-order chi connectivity index (χ1) is 10.6. The van der Waals surface area contributed by atoms with E-state index in [1.807, 2.05) is 63.2 Å². The lowest BCUT2D eigenvalue weighted by molar-refractivity contribution is -0.128. The summed E-state index contributed by atoms with van der Waals surface area (Å²) in [6.07, 6.45) is 0.167. The molecule has 0 heterocycles. The van der Waals surface area contributed by atoms with E-state index in [9.17, 15) is 4.79 Å². The maximum absolute atomic E-state index is 12.3. The minimum atomic E-state index is -0.465. The molecule has 22 heavy (non-hydrogen) atoms. The fourth-order valence-corrected chi connectivity index (χ4v) is 2.23. The number of carbonyl (C=O) groups excluding carboxylic acids is 1. The third-order valence-corrected chi connectivity index (χ3v) is 3.51. The number of hydrogen-bond acceptors (Lipinski definition) is 2. The lowest BCUT2D eigenvalue weighted by Crippen LogP contribution is -2.37. The summed E-state index contributed by atoms with van der Waals surface area (Å²) < 4.78 is 5.78. The van der Waals surface area contributed by atoms with Crippen LogP contribution in [0.4, 0.5) is 0 Å². The van der Waals surface area contributed by atoms with E-state index >= 15 is 0 Å². The first kappa shape index (κ1) is 16.1. The fourth-order valence-electron chi connectivity index (χ4n) is 2.23. The second kappa shape index (κ2) is 7.64. The number of rotatable bonds is 6. The predicted octanol–water partition coefficient (Wildman–Crippen LogP) is 3.78. The number of hydrogen-bond donors (Lipinski definition) is 1. The topological polar surface area (TPSA) is 38.3 Å². The van der Waals surface area contributed by atoms with Crippen LogP contribution in [0, 0.1) is 13.8 Å². The van der Waals surface area contributed by atoms with E-state index in [-0.39, 0.29) is 5.91 Å². The third-order valence-electron chi connectivity index (χ3n) is 3.51. The van der Waals surface area contributed by atoms with Gasteiger partial charge < -0.3 is 10.1 Å². The minimum Gasteiger partial charge on any atom is -0.481 e. The van der Waals surface area contributed by atoms with E-state index in [4.69, 9.17) is 4.74 Å². The van der Waals surface area contributed by atoms with Crippen LogP contribution in [0.1, 0.15) is 30.0 Å². The molecule has 0 radical (unpaired) electrons. The van der Waals surface area contributed by atoms with Gasteiger partial charge in [0.05, 0.1) is 0 Å². The van der Waals surface area contributed by atoms with E-state index in [0.29, 0.717) is 13.0 Å². The van der Waals surface area contributed by atoms with Crippen LogP contribution in [0.2, 0.25) is 0 Å². The van der Waals surface area contributed by atoms with Crippen molar-refractivity contribution in [2.24, 2.45) is 0 Å². The summed E-state index contributed by atoms with van der Waals surface area (Å²) in [4.78, 5) is 12.3. The highest BCUT2D eigenvalue weighted by Crippen LogP contribution is 2.15. The molecule has 0 aliphatic carbocycles. The van der Waals surface area contributed by atoms with Crippen molar-refractivity contribution in [3.8, 4) is 5.75 Å². The van der Waals surface area contributed by atoms with Crippen molar-refractivity contribution < 1.29 is 9.53 Å². The van der Waals surface area contributed by atoms with Gasteiger partial charge in [-0.05, 0) is 38.0 Å². The van der Waals surface area contributed by atoms with Gasteiger partial charge in [0.2, 0.25) is 0 Å². The summed E-state index contributed by atoms with van der Waals surface area (Å²) in [6, 6.07) is 15.9. The normalized spacial score (nSPS) is 11.8. The molecule has 0 aliphatic rings. The summed E-state index contributed by atoms with van der Waals surface area (Å²) in [7, 11) is 0. The SMILES string of the molecule is CCC(Oc1ccc(C)cc1)C(=O)NCc1cccc(C)c1. The third kappa shape index (κ3) is 4.62. The quantitative estimate of drug-likeness (QED) is 0.881. The molecule has 2 aromatic carbocycles. The monoisotopic (exact) mass is 297 g/mol. The fraction of sp³-hybridized carbons (Fsp3) is 0.316. The van der Waals surface area contributed by atoms with Crippen LogP contribution in [0.3, 0.4) is 0 Å². The van der Waals surface area contributed by atoms with Crippen molar-refractivity contribution in [1.82, 2.24) is 5.32 Å². The number of nitrogens with one attached hydrogen (secondary N) is 1. The summed E-state index contributed by atoms with van der Waals surface area (Å²) in [5, 5.41) is 2.94. The lowest BCUT2D eigenvalue weighted by atomic mass is 10.1. The summed E-state index contributed by atoms with van der Waals surface area (Å²) in [5.74, 6) is 0.646. The number of amides is 1. The molecule has 0 saturated heterocycles. The highest BCUT2D eigenvalue weighted by Gasteiger charge is 2.17. The average molecular weight is 297 g/mol. The molecule has 3 nitrogen and oxygen atoms in total. The summed E-state index contributed by atoms with van der Waals surface area (Å²) in [6.45, 7) is 6.54. The van der Waals surface area contributed by atoms with Gasteiger partial charge in [-0.25, -0.2) is 0 Å². The Balaban J connectivity index is 1.92. The van der Waals surface area contributed by atoms with E-state index in [2.05, 4.69) is 11.4 Å². The Hall–Kier alpha value is -2.29. The highest BCUT2D eigenvalue weighted by atomic mass is 16.5. The molecule has 0 saturated carbocycles. The molecule has 1 N–H and O–H groups in total. The molecule has 1 amide bonds.